The molecule has 3 rings (SSSR count). The van der Waals surface area contributed by atoms with Crippen molar-refractivity contribution in [3.63, 3.8) is 0 Å². The zero-order chi connectivity index (χ0) is 14.3. The molecule has 0 saturated heterocycles. The third kappa shape index (κ3) is 2.29. The molecule has 0 fully saturated rings. The summed E-state index contributed by atoms with van der Waals surface area (Å²) >= 11 is 0. The number of fused-ring (bicyclic) bond motifs is 1. The lowest BCUT2D eigenvalue weighted by atomic mass is 9.91. The standard InChI is InChI=1S/C17H18FNO/c1-10-3-4-11(2)13(7-10)17-9-15(19)14-8-12(18)5-6-16(14)20-17/h3-8,15,17H,9,19H2,1-2H3. The number of rotatable bonds is 1. The van der Waals surface area contributed by atoms with E-state index >= 15 is 0 Å². The molecular formula is C17H18FNO. The molecule has 1 aliphatic rings. The van der Waals surface area contributed by atoms with Gasteiger partial charge in [-0.1, -0.05) is 23.8 Å². The fourth-order valence-electron chi connectivity index (χ4n) is 2.77. The zero-order valence-corrected chi connectivity index (χ0v) is 11.7. The molecule has 0 aliphatic carbocycles. The lowest BCUT2D eigenvalue weighted by Gasteiger charge is -2.31. The number of hydrogen-bond acceptors (Lipinski definition) is 2. The zero-order valence-electron chi connectivity index (χ0n) is 11.7. The van der Waals surface area contributed by atoms with Crippen LogP contribution in [0.1, 0.15) is 40.8 Å². The van der Waals surface area contributed by atoms with Crippen LogP contribution in [0, 0.1) is 19.7 Å². The number of nitrogens with two attached hydrogens (primary N) is 1. The molecule has 2 unspecified atom stereocenters. The summed E-state index contributed by atoms with van der Waals surface area (Å²) in [6.07, 6.45) is 0.601. The first kappa shape index (κ1) is 13.1. The second kappa shape index (κ2) is 4.91. The molecule has 0 radical (unpaired) electrons. The first-order chi connectivity index (χ1) is 9.54. The fourth-order valence-corrected chi connectivity index (χ4v) is 2.77. The second-order valence-corrected chi connectivity index (χ2v) is 5.49. The average Bonchev–Trinajstić information content (AvgIpc) is 2.42. The molecule has 2 aromatic rings. The number of aryl methyl sites for hydroxylation is 2. The van der Waals surface area contributed by atoms with Crippen LogP contribution in [0.15, 0.2) is 36.4 Å². The largest absolute Gasteiger partial charge is 0.485 e. The van der Waals surface area contributed by atoms with Gasteiger partial charge in [0, 0.05) is 18.0 Å². The van der Waals surface area contributed by atoms with Gasteiger partial charge in [-0.3, -0.25) is 0 Å². The Balaban J connectivity index is 1.99. The van der Waals surface area contributed by atoms with E-state index < -0.39 is 0 Å². The quantitative estimate of drug-likeness (QED) is 0.852. The third-order valence-corrected chi connectivity index (χ3v) is 3.89. The summed E-state index contributed by atoms with van der Waals surface area (Å²) in [5, 5.41) is 0. The lowest BCUT2D eigenvalue weighted by Crippen LogP contribution is -2.24. The molecule has 2 atom stereocenters. The minimum Gasteiger partial charge on any atom is -0.485 e. The Hall–Kier alpha value is -1.87. The number of halogens is 1. The summed E-state index contributed by atoms with van der Waals surface area (Å²) in [6.45, 7) is 4.14. The van der Waals surface area contributed by atoms with Crippen LogP contribution in [0.25, 0.3) is 0 Å². The number of hydrogen-bond donors (Lipinski definition) is 1. The van der Waals surface area contributed by atoms with Crippen molar-refractivity contribution in [1.29, 1.82) is 0 Å². The molecule has 0 amide bonds. The fraction of sp³-hybridized carbons (Fsp3) is 0.294. The van der Waals surface area contributed by atoms with Gasteiger partial charge in [-0.25, -0.2) is 4.39 Å². The first-order valence-electron chi connectivity index (χ1n) is 6.83. The van der Waals surface area contributed by atoms with Crippen molar-refractivity contribution < 1.29 is 9.13 Å². The van der Waals surface area contributed by atoms with E-state index in [4.69, 9.17) is 10.5 Å². The van der Waals surface area contributed by atoms with Gasteiger partial charge in [-0.15, -0.1) is 0 Å². The number of ether oxygens (including phenoxy) is 1. The second-order valence-electron chi connectivity index (χ2n) is 5.49. The molecule has 2 nitrogen and oxygen atoms in total. The van der Waals surface area contributed by atoms with Crippen LogP contribution < -0.4 is 10.5 Å². The van der Waals surface area contributed by atoms with Crippen molar-refractivity contribution in [2.75, 3.05) is 0 Å². The van der Waals surface area contributed by atoms with Crippen molar-refractivity contribution in [2.45, 2.75) is 32.4 Å². The first-order valence-corrected chi connectivity index (χ1v) is 6.83. The van der Waals surface area contributed by atoms with Gasteiger partial charge < -0.3 is 10.5 Å². The smallest absolute Gasteiger partial charge is 0.126 e. The predicted octanol–water partition coefficient (Wildman–Crippen LogP) is 3.97. The molecule has 0 aromatic heterocycles. The Morgan fingerprint density at radius 2 is 1.90 bits per heavy atom. The van der Waals surface area contributed by atoms with Gasteiger partial charge in [0.25, 0.3) is 0 Å². The average molecular weight is 271 g/mol. The van der Waals surface area contributed by atoms with Crippen LogP contribution in [0.2, 0.25) is 0 Å². The third-order valence-electron chi connectivity index (χ3n) is 3.89. The van der Waals surface area contributed by atoms with Gasteiger partial charge in [0.15, 0.2) is 0 Å². The Morgan fingerprint density at radius 1 is 1.10 bits per heavy atom. The molecule has 0 bridgehead atoms. The molecule has 1 aliphatic heterocycles. The monoisotopic (exact) mass is 271 g/mol. The van der Waals surface area contributed by atoms with E-state index in [9.17, 15) is 4.39 Å². The van der Waals surface area contributed by atoms with Crippen LogP contribution in [-0.4, -0.2) is 0 Å². The molecule has 2 N–H and O–H groups in total. The van der Waals surface area contributed by atoms with E-state index in [0.717, 1.165) is 11.1 Å². The van der Waals surface area contributed by atoms with Gasteiger partial charge in [0.05, 0.1) is 0 Å². The highest BCUT2D eigenvalue weighted by Crippen LogP contribution is 2.40. The van der Waals surface area contributed by atoms with Crippen LogP contribution >= 0.6 is 0 Å². The highest BCUT2D eigenvalue weighted by Gasteiger charge is 2.28. The Bertz CT molecular complexity index is 653. The molecule has 104 valence electrons. The van der Waals surface area contributed by atoms with Crippen LogP contribution in [0.5, 0.6) is 5.75 Å². The SMILES string of the molecule is Cc1ccc(C)c(C2CC(N)c3cc(F)ccc3O2)c1. The van der Waals surface area contributed by atoms with Crippen LogP contribution in [0.4, 0.5) is 4.39 Å². The molecule has 3 heteroatoms. The van der Waals surface area contributed by atoms with Gasteiger partial charge in [0.1, 0.15) is 17.7 Å². The summed E-state index contributed by atoms with van der Waals surface area (Å²) in [5.41, 5.74) is 10.5. The van der Waals surface area contributed by atoms with Crippen molar-refractivity contribution in [3.8, 4) is 5.75 Å². The van der Waals surface area contributed by atoms with E-state index in [-0.39, 0.29) is 18.0 Å². The van der Waals surface area contributed by atoms with Crippen molar-refractivity contribution in [1.82, 2.24) is 0 Å². The minimum atomic E-state index is -0.270. The predicted molar refractivity (Wildman–Crippen MR) is 77.2 cm³/mol. The summed E-state index contributed by atoms with van der Waals surface area (Å²) in [4.78, 5) is 0. The van der Waals surface area contributed by atoms with Crippen molar-refractivity contribution in [2.24, 2.45) is 5.73 Å². The van der Waals surface area contributed by atoms with Gasteiger partial charge >= 0.3 is 0 Å². The van der Waals surface area contributed by atoms with Crippen LogP contribution in [0.3, 0.4) is 0 Å². The highest BCUT2D eigenvalue weighted by molar-refractivity contribution is 5.41. The van der Waals surface area contributed by atoms with Gasteiger partial charge in [-0.05, 0) is 43.2 Å². The maximum absolute atomic E-state index is 13.3. The lowest BCUT2D eigenvalue weighted by molar-refractivity contribution is 0.160. The van der Waals surface area contributed by atoms with Gasteiger partial charge in [-0.2, -0.15) is 0 Å². The molecular weight excluding hydrogens is 253 g/mol. The molecule has 2 aromatic carbocycles. The summed E-state index contributed by atoms with van der Waals surface area (Å²) < 4.78 is 19.3. The van der Waals surface area contributed by atoms with Crippen molar-refractivity contribution >= 4 is 0 Å². The van der Waals surface area contributed by atoms with E-state index in [1.165, 1.54) is 23.3 Å². The van der Waals surface area contributed by atoms with E-state index in [1.54, 1.807) is 6.07 Å². The van der Waals surface area contributed by atoms with Gasteiger partial charge in [0.2, 0.25) is 0 Å². The van der Waals surface area contributed by atoms with E-state index in [2.05, 4.69) is 32.0 Å². The summed E-state index contributed by atoms with van der Waals surface area (Å²) in [6, 6.07) is 10.7. The van der Waals surface area contributed by atoms with E-state index in [1.807, 2.05) is 0 Å². The molecule has 1 heterocycles. The Morgan fingerprint density at radius 3 is 2.70 bits per heavy atom. The molecule has 0 saturated carbocycles. The Kier molecular flexibility index (Phi) is 3.22. The summed E-state index contributed by atoms with van der Waals surface area (Å²) in [5.74, 6) is 0.420. The molecule has 20 heavy (non-hydrogen) atoms. The molecule has 0 spiro atoms. The maximum atomic E-state index is 13.3. The minimum absolute atomic E-state index is 0.0668. The number of benzene rings is 2. The van der Waals surface area contributed by atoms with Crippen LogP contribution in [-0.2, 0) is 0 Å². The summed E-state index contributed by atoms with van der Waals surface area (Å²) in [7, 11) is 0. The topological polar surface area (TPSA) is 35.2 Å². The van der Waals surface area contributed by atoms with Crippen molar-refractivity contribution in [3.05, 3.63) is 64.5 Å². The Labute approximate surface area is 118 Å². The highest BCUT2D eigenvalue weighted by atomic mass is 19.1. The normalized spacial score (nSPS) is 21.2. The van der Waals surface area contributed by atoms with E-state index in [0.29, 0.717) is 12.2 Å². The maximum Gasteiger partial charge on any atom is 0.126 e.